The maximum atomic E-state index is 14.7. The van der Waals surface area contributed by atoms with Crippen molar-refractivity contribution in [3.05, 3.63) is 118 Å². The van der Waals surface area contributed by atoms with Crippen molar-refractivity contribution >= 4 is 50.7 Å². The number of methoxy groups -OCH3 is 2. The Labute approximate surface area is 301 Å². The summed E-state index contributed by atoms with van der Waals surface area (Å²) in [6, 6.07) is 21.8. The van der Waals surface area contributed by atoms with Crippen molar-refractivity contribution in [2.45, 2.75) is 55.6 Å². The first-order valence-corrected chi connectivity index (χ1v) is 18.3. The molecule has 1 saturated carbocycles. The molecule has 4 aromatic carbocycles. The van der Waals surface area contributed by atoms with Gasteiger partial charge in [0.05, 0.1) is 24.8 Å². The number of carbonyl (C=O) groups is 2. The number of hydrogen-bond acceptors (Lipinski definition) is 6. The molecule has 13 heteroatoms. The minimum atomic E-state index is -4.49. The first-order valence-electron chi connectivity index (χ1n) is 16.1. The standard InChI is InChI=1S/C37H38Cl2FN3O6S/c1-48-34-20-19-29(22-35(34)49-2)50(46,47)43(28-17-15-26(40)16-18-28)24-36(44)42(23-30-31(38)13-8-14-32(30)39)33(21-25-9-4-3-5-10-25)37(45)41-27-11-6-7-12-27/h3-5,8-10,13-20,22,27,33H,6-7,11-12,21,23-24H2,1-2H3,(H,41,45)/t33-/m1/s1. The lowest BCUT2D eigenvalue weighted by Gasteiger charge is -2.34. The second-order valence-electron chi connectivity index (χ2n) is 11.9. The van der Waals surface area contributed by atoms with E-state index in [9.17, 15) is 22.4 Å². The number of ether oxygens (including phenoxy) is 2. The predicted octanol–water partition coefficient (Wildman–Crippen LogP) is 7.04. The zero-order valence-electron chi connectivity index (χ0n) is 27.7. The van der Waals surface area contributed by atoms with E-state index >= 15 is 0 Å². The molecule has 0 heterocycles. The topological polar surface area (TPSA) is 105 Å². The van der Waals surface area contributed by atoms with Gasteiger partial charge in [-0.2, -0.15) is 0 Å². The molecule has 0 unspecified atom stereocenters. The third-order valence-corrected chi connectivity index (χ3v) is 11.2. The molecule has 1 N–H and O–H groups in total. The summed E-state index contributed by atoms with van der Waals surface area (Å²) < 4.78 is 54.4. The highest BCUT2D eigenvalue weighted by Gasteiger charge is 2.36. The number of anilines is 1. The van der Waals surface area contributed by atoms with Gasteiger partial charge in [0.15, 0.2) is 11.5 Å². The van der Waals surface area contributed by atoms with Gasteiger partial charge in [-0.1, -0.05) is 72.4 Å². The number of benzene rings is 4. The Bertz CT molecular complexity index is 1890. The molecule has 1 atom stereocenters. The molecule has 264 valence electrons. The Morgan fingerprint density at radius 2 is 1.52 bits per heavy atom. The highest BCUT2D eigenvalue weighted by atomic mass is 35.5. The number of sulfonamides is 1. The monoisotopic (exact) mass is 741 g/mol. The summed E-state index contributed by atoms with van der Waals surface area (Å²) in [7, 11) is -1.70. The van der Waals surface area contributed by atoms with E-state index in [-0.39, 0.29) is 51.3 Å². The number of halogens is 3. The fraction of sp³-hybridized carbons (Fsp3) is 0.297. The highest BCUT2D eigenvalue weighted by molar-refractivity contribution is 7.92. The Balaban J connectivity index is 1.61. The molecule has 1 aliphatic rings. The Morgan fingerprint density at radius 3 is 2.14 bits per heavy atom. The largest absolute Gasteiger partial charge is 0.493 e. The second-order valence-corrected chi connectivity index (χ2v) is 14.6. The van der Waals surface area contributed by atoms with Crippen molar-refractivity contribution in [3.63, 3.8) is 0 Å². The molecule has 0 radical (unpaired) electrons. The van der Waals surface area contributed by atoms with E-state index in [1.165, 1.54) is 49.5 Å². The van der Waals surface area contributed by atoms with Crippen LogP contribution in [0.3, 0.4) is 0 Å². The maximum absolute atomic E-state index is 14.7. The average molecular weight is 743 g/mol. The summed E-state index contributed by atoms with van der Waals surface area (Å²) >= 11 is 13.2. The molecular formula is C37H38Cl2FN3O6S. The first kappa shape index (κ1) is 36.9. The fourth-order valence-electron chi connectivity index (χ4n) is 6.02. The van der Waals surface area contributed by atoms with Crippen LogP contribution in [0.5, 0.6) is 11.5 Å². The van der Waals surface area contributed by atoms with E-state index in [4.69, 9.17) is 32.7 Å². The third kappa shape index (κ3) is 8.69. The van der Waals surface area contributed by atoms with Crippen molar-refractivity contribution in [2.24, 2.45) is 0 Å². The van der Waals surface area contributed by atoms with Gasteiger partial charge >= 0.3 is 0 Å². The molecule has 0 spiro atoms. The highest BCUT2D eigenvalue weighted by Crippen LogP contribution is 2.33. The van der Waals surface area contributed by atoms with Gasteiger partial charge in [0.1, 0.15) is 18.4 Å². The molecule has 5 rings (SSSR count). The van der Waals surface area contributed by atoms with Gasteiger partial charge in [-0.05, 0) is 66.9 Å². The summed E-state index contributed by atoms with van der Waals surface area (Å²) in [5.74, 6) is -1.23. The van der Waals surface area contributed by atoms with Gasteiger partial charge in [-0.25, -0.2) is 12.8 Å². The molecule has 4 aromatic rings. The lowest BCUT2D eigenvalue weighted by atomic mass is 10.0. The lowest BCUT2D eigenvalue weighted by molar-refractivity contribution is -0.140. The molecule has 2 amide bonds. The number of amides is 2. The third-order valence-electron chi connectivity index (χ3n) is 8.70. The van der Waals surface area contributed by atoms with Crippen LogP contribution in [0, 0.1) is 5.82 Å². The minimum absolute atomic E-state index is 0.0280. The Hall–Kier alpha value is -4.32. The van der Waals surface area contributed by atoms with Gasteiger partial charge < -0.3 is 19.7 Å². The van der Waals surface area contributed by atoms with Crippen LogP contribution in [-0.2, 0) is 32.6 Å². The van der Waals surface area contributed by atoms with Crippen LogP contribution >= 0.6 is 23.2 Å². The van der Waals surface area contributed by atoms with Crippen LogP contribution < -0.4 is 19.1 Å². The SMILES string of the molecule is COc1ccc(S(=O)(=O)N(CC(=O)N(Cc2c(Cl)cccc2Cl)[C@H](Cc2ccccc2)C(=O)NC2CCCC2)c2ccc(F)cc2)cc1OC. The summed E-state index contributed by atoms with van der Waals surface area (Å²) in [5.41, 5.74) is 1.21. The lowest BCUT2D eigenvalue weighted by Crippen LogP contribution is -2.54. The molecular weight excluding hydrogens is 704 g/mol. The number of nitrogens with zero attached hydrogens (tertiary/aromatic N) is 2. The average Bonchev–Trinajstić information content (AvgIpc) is 3.63. The zero-order chi connectivity index (χ0) is 35.8. The molecule has 0 aromatic heterocycles. The van der Waals surface area contributed by atoms with Crippen molar-refractivity contribution in [2.75, 3.05) is 25.1 Å². The second kappa shape index (κ2) is 16.6. The Kier molecular flexibility index (Phi) is 12.3. The van der Waals surface area contributed by atoms with Crippen molar-refractivity contribution < 1.29 is 31.9 Å². The maximum Gasteiger partial charge on any atom is 0.264 e. The van der Waals surface area contributed by atoms with Gasteiger partial charge in [-0.15, -0.1) is 0 Å². The number of rotatable bonds is 14. The van der Waals surface area contributed by atoms with Crippen LogP contribution in [0.4, 0.5) is 10.1 Å². The number of nitrogens with one attached hydrogen (secondary N) is 1. The zero-order valence-corrected chi connectivity index (χ0v) is 30.0. The Morgan fingerprint density at radius 1 is 0.880 bits per heavy atom. The molecule has 0 saturated heterocycles. The predicted molar refractivity (Wildman–Crippen MR) is 192 cm³/mol. The number of hydrogen-bond donors (Lipinski definition) is 1. The van der Waals surface area contributed by atoms with Crippen molar-refractivity contribution in [3.8, 4) is 11.5 Å². The van der Waals surface area contributed by atoms with E-state index < -0.39 is 34.3 Å². The van der Waals surface area contributed by atoms with Crippen molar-refractivity contribution in [1.29, 1.82) is 0 Å². The summed E-state index contributed by atoms with van der Waals surface area (Å²) in [6.45, 7) is -0.938. The van der Waals surface area contributed by atoms with E-state index in [0.717, 1.165) is 47.7 Å². The smallest absolute Gasteiger partial charge is 0.264 e. The van der Waals surface area contributed by atoms with Crippen LogP contribution in [0.15, 0.2) is 95.9 Å². The van der Waals surface area contributed by atoms with Crippen LogP contribution in [0.2, 0.25) is 10.0 Å². The van der Waals surface area contributed by atoms with Gasteiger partial charge in [0, 0.05) is 40.7 Å². The summed E-state index contributed by atoms with van der Waals surface area (Å²) in [6.07, 6.45) is 3.72. The van der Waals surface area contributed by atoms with Gasteiger partial charge in [0.25, 0.3) is 10.0 Å². The summed E-state index contributed by atoms with van der Waals surface area (Å²) in [5, 5.41) is 3.67. The molecule has 0 bridgehead atoms. The van der Waals surface area contributed by atoms with Gasteiger partial charge in [0.2, 0.25) is 11.8 Å². The fourth-order valence-corrected chi connectivity index (χ4v) is 7.96. The van der Waals surface area contributed by atoms with Crippen LogP contribution in [-0.4, -0.2) is 58.0 Å². The van der Waals surface area contributed by atoms with E-state index in [2.05, 4.69) is 5.32 Å². The molecule has 1 aliphatic carbocycles. The molecule has 1 fully saturated rings. The van der Waals surface area contributed by atoms with E-state index in [0.29, 0.717) is 11.3 Å². The minimum Gasteiger partial charge on any atom is -0.493 e. The van der Waals surface area contributed by atoms with E-state index in [1.807, 2.05) is 30.3 Å². The molecule has 9 nitrogen and oxygen atoms in total. The quantitative estimate of drug-likeness (QED) is 0.149. The summed E-state index contributed by atoms with van der Waals surface area (Å²) in [4.78, 5) is 30.0. The number of carbonyl (C=O) groups excluding carboxylic acids is 2. The normalized spacial score (nSPS) is 13.8. The molecule has 50 heavy (non-hydrogen) atoms. The van der Waals surface area contributed by atoms with Crippen LogP contribution in [0.1, 0.15) is 36.8 Å². The van der Waals surface area contributed by atoms with Crippen molar-refractivity contribution in [1.82, 2.24) is 10.2 Å². The van der Waals surface area contributed by atoms with Crippen LogP contribution in [0.25, 0.3) is 0 Å². The first-order chi connectivity index (χ1) is 24.0. The molecule has 0 aliphatic heterocycles. The van der Waals surface area contributed by atoms with E-state index in [1.54, 1.807) is 18.2 Å². The van der Waals surface area contributed by atoms with Gasteiger partial charge in [-0.3, -0.25) is 13.9 Å².